The van der Waals surface area contributed by atoms with Crippen molar-refractivity contribution in [2.45, 2.75) is 155 Å². The van der Waals surface area contributed by atoms with Crippen LogP contribution in [0, 0.1) is 5.92 Å². The molecule has 0 aromatic rings. The number of carbonyl (C=O) groups is 2. The van der Waals surface area contributed by atoms with E-state index in [4.69, 9.17) is 9.47 Å². The highest BCUT2D eigenvalue weighted by molar-refractivity contribution is 5.70. The van der Waals surface area contributed by atoms with E-state index in [2.05, 4.69) is 39.0 Å². The molecule has 248 valence electrons. The third-order valence-electron chi connectivity index (χ3n) is 7.13. The fourth-order valence-electron chi connectivity index (χ4n) is 4.46. The van der Waals surface area contributed by atoms with E-state index in [0.717, 1.165) is 38.0 Å². The molecule has 6 nitrogen and oxygen atoms in total. The molecule has 0 saturated carbocycles. The van der Waals surface area contributed by atoms with Gasteiger partial charge < -0.3 is 19.7 Å². The number of carbonyl (C=O) groups excluding carboxylic acids is 2. The number of hydrogen-bond acceptors (Lipinski definition) is 6. The van der Waals surface area contributed by atoms with Gasteiger partial charge in [0, 0.05) is 12.8 Å². The normalized spacial score (nSPS) is 13.6. The minimum atomic E-state index is -0.831. The molecule has 0 spiro atoms. The molecule has 6 heteroatoms. The van der Waals surface area contributed by atoms with Crippen LogP contribution in [0.2, 0.25) is 0 Å². The van der Waals surface area contributed by atoms with Crippen LogP contribution in [-0.4, -0.2) is 47.6 Å². The average molecular weight is 605 g/mol. The second-order valence-corrected chi connectivity index (χ2v) is 11.9. The Labute approximate surface area is 263 Å². The smallest absolute Gasteiger partial charge is 0.306 e. The van der Waals surface area contributed by atoms with Crippen molar-refractivity contribution in [3.05, 3.63) is 48.6 Å². The van der Waals surface area contributed by atoms with Gasteiger partial charge in [-0.3, -0.25) is 9.59 Å². The number of hydrogen-bond donors (Lipinski definition) is 2. The average Bonchev–Trinajstić information content (AvgIpc) is 2.98. The Hall–Kier alpha value is -2.18. The molecule has 0 amide bonds. The molecule has 0 aliphatic rings. The van der Waals surface area contributed by atoms with Gasteiger partial charge >= 0.3 is 11.9 Å². The van der Waals surface area contributed by atoms with Gasteiger partial charge in [-0.25, -0.2) is 0 Å². The minimum Gasteiger partial charge on any atom is -0.462 e. The first-order valence-electron chi connectivity index (χ1n) is 17.2. The van der Waals surface area contributed by atoms with E-state index >= 15 is 0 Å². The van der Waals surface area contributed by atoms with Gasteiger partial charge in [0.25, 0.3) is 0 Å². The maximum absolute atomic E-state index is 12.1. The summed E-state index contributed by atoms with van der Waals surface area (Å²) in [5, 5.41) is 19.5. The van der Waals surface area contributed by atoms with Crippen molar-refractivity contribution >= 4 is 11.9 Å². The highest BCUT2D eigenvalue weighted by Gasteiger charge is 2.15. The van der Waals surface area contributed by atoms with Gasteiger partial charge in [0.15, 0.2) is 6.10 Å². The molecule has 0 bridgehead atoms. The van der Waals surface area contributed by atoms with Crippen molar-refractivity contribution in [2.75, 3.05) is 13.2 Å². The summed E-state index contributed by atoms with van der Waals surface area (Å²) in [5.74, 6) is 0.0675. The van der Waals surface area contributed by atoms with Crippen LogP contribution < -0.4 is 0 Å². The molecule has 2 atom stereocenters. The summed E-state index contributed by atoms with van der Waals surface area (Å²) >= 11 is 0. The van der Waals surface area contributed by atoms with Gasteiger partial charge in [0.2, 0.25) is 0 Å². The number of allylic oxidation sites excluding steroid dienone is 6. The fourth-order valence-corrected chi connectivity index (χ4v) is 4.46. The summed E-state index contributed by atoms with van der Waals surface area (Å²) in [5.41, 5.74) is 0. The molecule has 1 unspecified atom stereocenters. The summed E-state index contributed by atoms with van der Waals surface area (Å²) < 4.78 is 10.5. The van der Waals surface area contributed by atoms with Crippen LogP contribution >= 0.6 is 0 Å². The molecule has 0 heterocycles. The lowest BCUT2D eigenvalue weighted by atomic mass is 10.0. The van der Waals surface area contributed by atoms with Crippen LogP contribution in [0.4, 0.5) is 0 Å². The second-order valence-electron chi connectivity index (χ2n) is 11.9. The van der Waals surface area contributed by atoms with Gasteiger partial charge in [-0.1, -0.05) is 134 Å². The maximum Gasteiger partial charge on any atom is 0.306 e. The fraction of sp³-hybridized carbons (Fsp3) is 0.730. The minimum absolute atomic E-state index is 0.116. The highest BCUT2D eigenvalue weighted by atomic mass is 16.6. The Morgan fingerprint density at radius 2 is 1.37 bits per heavy atom. The molecular formula is C37H64O6. The first kappa shape index (κ1) is 40.8. The van der Waals surface area contributed by atoms with Crippen LogP contribution in [-0.2, 0) is 19.1 Å². The Bertz CT molecular complexity index is 767. The van der Waals surface area contributed by atoms with Crippen LogP contribution in [0.5, 0.6) is 0 Å². The van der Waals surface area contributed by atoms with Crippen LogP contribution in [0.1, 0.15) is 143 Å². The number of unbranched alkanes of at least 4 members (excludes halogenated alkanes) is 11. The van der Waals surface area contributed by atoms with Crippen molar-refractivity contribution in [2.24, 2.45) is 5.92 Å². The molecule has 0 saturated heterocycles. The highest BCUT2D eigenvalue weighted by Crippen LogP contribution is 2.13. The van der Waals surface area contributed by atoms with Gasteiger partial charge in [-0.2, -0.15) is 0 Å². The zero-order valence-corrected chi connectivity index (χ0v) is 27.7. The summed E-state index contributed by atoms with van der Waals surface area (Å²) in [6.45, 7) is 6.25. The van der Waals surface area contributed by atoms with Gasteiger partial charge in [-0.05, 0) is 50.9 Å². The van der Waals surface area contributed by atoms with Crippen LogP contribution in [0.15, 0.2) is 48.6 Å². The summed E-state index contributed by atoms with van der Waals surface area (Å²) in [7, 11) is 0. The third kappa shape index (κ3) is 31.1. The molecule has 43 heavy (non-hydrogen) atoms. The molecule has 0 aliphatic carbocycles. The molecular weight excluding hydrogens is 540 g/mol. The van der Waals surface area contributed by atoms with E-state index in [0.29, 0.717) is 25.7 Å². The SMILES string of the molecule is CCCCC/C=C\C/C=C\CC(O)/C=C\C=C\CCCC(=O)O[C@@H](CO)COC(=O)CCCCCCCCCCC(C)C. The number of rotatable bonds is 29. The zero-order valence-electron chi connectivity index (χ0n) is 27.7. The van der Waals surface area contributed by atoms with E-state index in [1.165, 1.54) is 57.8 Å². The Kier molecular flexibility index (Phi) is 29.7. The van der Waals surface area contributed by atoms with E-state index in [1.54, 1.807) is 6.08 Å². The Morgan fingerprint density at radius 1 is 0.721 bits per heavy atom. The van der Waals surface area contributed by atoms with Crippen molar-refractivity contribution in [1.29, 1.82) is 0 Å². The predicted molar refractivity (Wildman–Crippen MR) is 179 cm³/mol. The maximum atomic E-state index is 12.1. The number of aliphatic hydroxyl groups excluding tert-OH is 2. The Morgan fingerprint density at radius 3 is 2.07 bits per heavy atom. The topological polar surface area (TPSA) is 93.1 Å². The van der Waals surface area contributed by atoms with Gasteiger partial charge in [0.1, 0.15) is 6.61 Å². The molecule has 0 aromatic carbocycles. The summed E-state index contributed by atoms with van der Waals surface area (Å²) in [4.78, 5) is 24.1. The van der Waals surface area contributed by atoms with Gasteiger partial charge in [-0.15, -0.1) is 0 Å². The van der Waals surface area contributed by atoms with Crippen molar-refractivity contribution in [3.63, 3.8) is 0 Å². The largest absolute Gasteiger partial charge is 0.462 e. The van der Waals surface area contributed by atoms with Gasteiger partial charge in [0.05, 0.1) is 12.7 Å². The lowest BCUT2D eigenvalue weighted by molar-refractivity contribution is -0.161. The standard InChI is InChI=1S/C37H64O6/c1-4-5-6-7-8-9-13-17-22-27-34(39)28-23-18-15-20-25-30-37(41)43-35(31-38)32-42-36(40)29-24-19-14-11-10-12-16-21-26-33(2)3/h8-9,15,17-18,22-23,28,33-35,38-39H,4-7,10-14,16,19-21,24-27,29-32H2,1-3H3/b9-8-,18-15+,22-17-,28-23-/t34?,35-/m0/s1. The summed E-state index contributed by atoms with van der Waals surface area (Å²) in [6.07, 6.45) is 33.4. The third-order valence-corrected chi connectivity index (χ3v) is 7.13. The number of ether oxygens (including phenoxy) is 2. The molecule has 0 aromatic heterocycles. The van der Waals surface area contributed by atoms with Crippen LogP contribution in [0.3, 0.4) is 0 Å². The zero-order chi connectivity index (χ0) is 31.8. The van der Waals surface area contributed by atoms with Crippen molar-refractivity contribution in [3.8, 4) is 0 Å². The number of esters is 2. The quantitative estimate of drug-likeness (QED) is 0.0383. The molecule has 0 aliphatic heterocycles. The molecule has 0 radical (unpaired) electrons. The van der Waals surface area contributed by atoms with Crippen molar-refractivity contribution < 1.29 is 29.3 Å². The Balaban J connectivity index is 3.83. The first-order valence-corrected chi connectivity index (χ1v) is 17.2. The monoisotopic (exact) mass is 604 g/mol. The van der Waals surface area contributed by atoms with E-state index in [9.17, 15) is 19.8 Å². The first-order chi connectivity index (χ1) is 20.9. The molecule has 0 rings (SSSR count). The molecule has 2 N–H and O–H groups in total. The predicted octanol–water partition coefficient (Wildman–Crippen LogP) is 9.11. The van der Waals surface area contributed by atoms with E-state index < -0.39 is 18.2 Å². The van der Waals surface area contributed by atoms with Crippen molar-refractivity contribution in [1.82, 2.24) is 0 Å². The summed E-state index contributed by atoms with van der Waals surface area (Å²) in [6, 6.07) is 0. The van der Waals surface area contributed by atoms with Crippen LogP contribution in [0.25, 0.3) is 0 Å². The number of aliphatic hydroxyl groups is 2. The lowest BCUT2D eigenvalue weighted by Crippen LogP contribution is -2.28. The molecule has 0 fully saturated rings. The van der Waals surface area contributed by atoms with E-state index in [1.807, 2.05) is 24.3 Å². The van der Waals surface area contributed by atoms with E-state index in [-0.39, 0.29) is 25.6 Å². The second kappa shape index (κ2) is 31.3. The lowest BCUT2D eigenvalue weighted by Gasteiger charge is -2.15.